The van der Waals surface area contributed by atoms with Gasteiger partial charge in [-0.2, -0.15) is 52.7 Å². The second-order valence-electron chi connectivity index (χ2n) is 19.1. The summed E-state index contributed by atoms with van der Waals surface area (Å²) in [6, 6.07) is 3.21. The van der Waals surface area contributed by atoms with Gasteiger partial charge in [-0.3, -0.25) is 29.4 Å². The molecule has 4 aliphatic rings. The molecule has 2 aromatic carbocycles. The number of rotatable bonds is 14. The molecule has 0 aromatic heterocycles. The van der Waals surface area contributed by atoms with E-state index in [9.17, 15) is 71.9 Å². The van der Waals surface area contributed by atoms with Gasteiger partial charge in [-0.15, -0.1) is 0 Å². The minimum absolute atomic E-state index is 0.111. The smallest absolute Gasteiger partial charge is 0.416 e. The number of hydrogen-bond acceptors (Lipinski definition) is 12. The normalized spacial score (nSPS) is 20.9. The van der Waals surface area contributed by atoms with Crippen LogP contribution in [0.5, 0.6) is 0 Å². The zero-order valence-electron chi connectivity index (χ0n) is 40.0. The first-order chi connectivity index (χ1) is 34.2. The maximum atomic E-state index is 13.7. The number of nitrogens with zero attached hydrogens (tertiary/aromatic N) is 4. The summed E-state index contributed by atoms with van der Waals surface area (Å²) in [5.74, 6) is -1.65. The molecule has 4 heterocycles. The van der Waals surface area contributed by atoms with E-state index in [-0.39, 0.29) is 72.9 Å². The number of halogens is 12. The van der Waals surface area contributed by atoms with E-state index in [1.807, 2.05) is 12.2 Å². The van der Waals surface area contributed by atoms with Gasteiger partial charge >= 0.3 is 36.6 Å². The molecular weight excluding hydrogens is 1050 g/mol. The fraction of sp³-hybridized carbons (Fsp3) is 0.500. The second kappa shape index (κ2) is 22.9. The molecule has 4 aliphatic heterocycles. The van der Waals surface area contributed by atoms with Crippen molar-refractivity contribution in [1.82, 2.24) is 20.4 Å². The molecule has 6 rings (SSSR count). The molecule has 0 bridgehead atoms. The van der Waals surface area contributed by atoms with Crippen molar-refractivity contribution in [2.75, 3.05) is 39.3 Å². The van der Waals surface area contributed by atoms with Gasteiger partial charge in [0, 0.05) is 25.2 Å². The topological polar surface area (TPSA) is 142 Å². The molecule has 0 aliphatic carbocycles. The largest absolute Gasteiger partial charge is 0.455 e. The summed E-state index contributed by atoms with van der Waals surface area (Å²) in [7, 11) is 0. The summed E-state index contributed by atoms with van der Waals surface area (Å²) in [5, 5.41) is 4.42. The number of thioether (sulfide) groups is 2. The number of likely N-dealkylation sites (tertiary alicyclic amines) is 2. The molecule has 4 saturated heterocycles. The van der Waals surface area contributed by atoms with Crippen molar-refractivity contribution >= 4 is 57.6 Å². The van der Waals surface area contributed by atoms with Crippen LogP contribution in [0.15, 0.2) is 80.5 Å². The number of carbonyl (C=O) groups excluding carboxylic acids is 4. The summed E-state index contributed by atoms with van der Waals surface area (Å²) in [5.41, 5.74) is -8.52. The number of ether oxygens (including phenoxy) is 2. The number of amides is 2. The lowest BCUT2D eigenvalue weighted by atomic mass is 9.95. The first kappa shape index (κ1) is 57.9. The van der Waals surface area contributed by atoms with Gasteiger partial charge < -0.3 is 20.1 Å². The Morgan fingerprint density at radius 2 is 0.919 bits per heavy atom. The van der Waals surface area contributed by atoms with Crippen molar-refractivity contribution < 1.29 is 81.3 Å². The van der Waals surface area contributed by atoms with Crippen LogP contribution in [-0.2, 0) is 56.9 Å². The molecule has 0 unspecified atom stereocenters. The third-order valence-corrected chi connectivity index (χ3v) is 13.6. The monoisotopic (exact) mass is 1100 g/mol. The van der Waals surface area contributed by atoms with Gasteiger partial charge in [-0.25, -0.2) is 9.59 Å². The third kappa shape index (κ3) is 16.6. The van der Waals surface area contributed by atoms with Crippen molar-refractivity contribution in [3.8, 4) is 0 Å². The fourth-order valence-electron chi connectivity index (χ4n) is 8.25. The summed E-state index contributed by atoms with van der Waals surface area (Å²) >= 11 is 1.76. The number of esters is 2. The van der Waals surface area contributed by atoms with Crippen LogP contribution in [0.25, 0.3) is 0 Å². The van der Waals surface area contributed by atoms with E-state index in [0.717, 1.165) is 47.8 Å². The molecule has 0 radical (unpaired) electrons. The molecule has 4 fully saturated rings. The SMILES string of the molecule is CC(C)(CN=C1NC(=O)SC1=CC1CCN(Cc2ccc(C(F)(F)F)cc2C(F)(F)F)CC1)OC(=O)/C=C/C(=O)OC(C)(C)CN=C1NC(=O)SC1=CC1CCN(Cc2ccc(C(F)(F)F)cc2C(F)(F)F)CC1. The Balaban J connectivity index is 0.962. The Labute approximate surface area is 425 Å². The van der Waals surface area contributed by atoms with Crippen LogP contribution in [-0.4, -0.2) is 94.4 Å². The molecule has 0 saturated carbocycles. The van der Waals surface area contributed by atoms with Crippen LogP contribution in [0.2, 0.25) is 0 Å². The second-order valence-corrected chi connectivity index (χ2v) is 21.1. The van der Waals surface area contributed by atoms with E-state index in [4.69, 9.17) is 9.47 Å². The average Bonchev–Trinajstić information content (AvgIpc) is 3.82. The van der Waals surface area contributed by atoms with Crippen molar-refractivity contribution in [3.63, 3.8) is 0 Å². The van der Waals surface area contributed by atoms with Crippen molar-refractivity contribution in [2.45, 2.75) is 102 Å². The summed E-state index contributed by atoms with van der Waals surface area (Å²) in [4.78, 5) is 63.6. The lowest BCUT2D eigenvalue weighted by Crippen LogP contribution is -2.34. The molecule has 0 atom stereocenters. The van der Waals surface area contributed by atoms with Gasteiger partial charge in [0.2, 0.25) is 0 Å². The Hall–Kier alpha value is -5.34. The number of carbonyl (C=O) groups is 4. The van der Waals surface area contributed by atoms with Gasteiger partial charge in [0.05, 0.1) is 45.2 Å². The first-order valence-electron chi connectivity index (χ1n) is 22.9. The lowest BCUT2D eigenvalue weighted by Gasteiger charge is -2.31. The summed E-state index contributed by atoms with van der Waals surface area (Å²) in [6.07, 6.45) is -12.6. The van der Waals surface area contributed by atoms with Gasteiger partial charge in [0.25, 0.3) is 10.5 Å². The number of hydrogen-bond donors (Lipinski definition) is 2. The van der Waals surface area contributed by atoms with E-state index < -0.39 is 80.6 Å². The quantitative estimate of drug-likeness (QED) is 0.107. The maximum Gasteiger partial charge on any atom is 0.416 e. The predicted octanol–water partition coefficient (Wildman–Crippen LogP) is 11.6. The van der Waals surface area contributed by atoms with E-state index >= 15 is 0 Å². The van der Waals surface area contributed by atoms with Gasteiger partial charge in [0.1, 0.15) is 22.9 Å². The van der Waals surface area contributed by atoms with Crippen LogP contribution in [0, 0.1) is 11.8 Å². The molecule has 404 valence electrons. The highest BCUT2D eigenvalue weighted by Gasteiger charge is 2.41. The zero-order valence-corrected chi connectivity index (χ0v) is 41.6. The maximum absolute atomic E-state index is 13.7. The van der Waals surface area contributed by atoms with Gasteiger partial charge in [-0.1, -0.05) is 24.3 Å². The van der Waals surface area contributed by atoms with Crippen LogP contribution in [0.3, 0.4) is 0 Å². The fourth-order valence-corrected chi connectivity index (χ4v) is 9.89. The van der Waals surface area contributed by atoms with Crippen molar-refractivity contribution in [3.05, 3.63) is 104 Å². The van der Waals surface area contributed by atoms with Crippen LogP contribution < -0.4 is 10.6 Å². The molecule has 2 amide bonds. The summed E-state index contributed by atoms with van der Waals surface area (Å²) in [6.45, 7) is 6.82. The van der Waals surface area contributed by atoms with Crippen LogP contribution in [0.1, 0.15) is 86.8 Å². The highest BCUT2D eigenvalue weighted by atomic mass is 32.2. The Morgan fingerprint density at radius 1 is 0.581 bits per heavy atom. The number of aliphatic imine (C=N–C) groups is 2. The number of amidine groups is 2. The highest BCUT2D eigenvalue weighted by Crippen LogP contribution is 2.40. The number of allylic oxidation sites excluding steroid dienone is 2. The first-order valence-corrected chi connectivity index (χ1v) is 24.5. The van der Waals surface area contributed by atoms with E-state index in [2.05, 4.69) is 20.6 Å². The number of benzene rings is 2. The number of nitrogens with one attached hydrogen (secondary N) is 2. The molecule has 2 aromatic rings. The van der Waals surface area contributed by atoms with Gasteiger partial charge in [-0.05, 0) is 150 Å². The molecule has 0 spiro atoms. The molecule has 2 N–H and O–H groups in total. The molecular formula is C48H50F12N6O6S2. The standard InChI is InChI=1S/C48H50F12N6O6S2/c1-43(2,25-61-39-35(73-41(69)63-39)19-27-11-15-65(16-12-27)23-29-5-7-31(45(49,50)51)21-33(29)47(55,56)57)71-37(67)9-10-38(68)72-44(3,4)26-62-40-36(74-42(70)64-40)20-28-13-17-66(18-14-28)24-30-6-8-32(46(52,53)54)22-34(30)48(58,59)60/h5-10,19-22,27-28H,11-18,23-26H2,1-4H3,(H,61,63,69)(H,62,64,70)/b10-9+,35-19?,36-20?. The average molecular weight is 1100 g/mol. The van der Waals surface area contributed by atoms with Crippen molar-refractivity contribution in [1.29, 1.82) is 0 Å². The molecule has 26 heteroatoms. The molecule has 74 heavy (non-hydrogen) atoms. The Bertz CT molecular complexity index is 2430. The summed E-state index contributed by atoms with van der Waals surface area (Å²) < 4.78 is 172. The number of alkyl halides is 12. The lowest BCUT2D eigenvalue weighted by molar-refractivity contribution is -0.152. The van der Waals surface area contributed by atoms with Crippen molar-refractivity contribution in [2.24, 2.45) is 21.8 Å². The minimum Gasteiger partial charge on any atom is -0.455 e. The minimum atomic E-state index is -4.99. The van der Waals surface area contributed by atoms with E-state index in [0.29, 0.717) is 73.8 Å². The molecule has 12 nitrogen and oxygen atoms in total. The Morgan fingerprint density at radius 3 is 1.23 bits per heavy atom. The van der Waals surface area contributed by atoms with Gasteiger partial charge in [0.15, 0.2) is 0 Å². The highest BCUT2D eigenvalue weighted by molar-refractivity contribution is 8.18. The van der Waals surface area contributed by atoms with E-state index in [1.165, 1.54) is 0 Å². The predicted molar refractivity (Wildman–Crippen MR) is 251 cm³/mol. The Kier molecular flexibility index (Phi) is 17.9. The third-order valence-electron chi connectivity index (χ3n) is 12.0. The number of piperidine rings is 2. The van der Waals surface area contributed by atoms with Crippen LogP contribution in [0.4, 0.5) is 62.3 Å². The van der Waals surface area contributed by atoms with E-state index in [1.54, 1.807) is 37.5 Å². The van der Waals surface area contributed by atoms with Crippen LogP contribution >= 0.6 is 23.5 Å². The zero-order chi connectivity index (χ0) is 54.6.